The van der Waals surface area contributed by atoms with E-state index in [2.05, 4.69) is 10.3 Å². The lowest BCUT2D eigenvalue weighted by atomic mass is 9.92. The third-order valence-corrected chi connectivity index (χ3v) is 8.06. The van der Waals surface area contributed by atoms with Gasteiger partial charge in [0.25, 0.3) is 5.91 Å². The monoisotopic (exact) mass is 593 g/mol. The minimum absolute atomic E-state index is 0.0276. The number of carbonyl (C=O) groups excluding carboxylic acids is 2. The van der Waals surface area contributed by atoms with Crippen molar-refractivity contribution >= 4 is 33.6 Å². The van der Waals surface area contributed by atoms with Crippen LogP contribution in [0.25, 0.3) is 21.8 Å². The number of carbonyl (C=O) groups is 2. The van der Waals surface area contributed by atoms with E-state index in [0.29, 0.717) is 19.4 Å². The second-order valence-electron chi connectivity index (χ2n) is 10.9. The van der Waals surface area contributed by atoms with Crippen molar-refractivity contribution < 1.29 is 28.9 Å². The largest absolute Gasteiger partial charge is 0.497 e. The van der Waals surface area contributed by atoms with Crippen LogP contribution in [0.5, 0.6) is 5.75 Å². The van der Waals surface area contributed by atoms with Crippen molar-refractivity contribution in [3.05, 3.63) is 113 Å². The zero-order chi connectivity index (χ0) is 30.6. The van der Waals surface area contributed by atoms with Crippen molar-refractivity contribution in [2.45, 2.75) is 45.2 Å². The number of aliphatic hydroxyl groups is 1. The summed E-state index contributed by atoms with van der Waals surface area (Å²) in [6.07, 6.45) is 6.02. The maximum absolute atomic E-state index is 13.5. The van der Waals surface area contributed by atoms with Crippen molar-refractivity contribution in [1.82, 2.24) is 14.9 Å². The van der Waals surface area contributed by atoms with Gasteiger partial charge in [0.1, 0.15) is 5.75 Å². The van der Waals surface area contributed by atoms with E-state index >= 15 is 0 Å². The summed E-state index contributed by atoms with van der Waals surface area (Å²) in [6, 6.07) is 21.1. The number of aliphatic hydroxyl groups excluding tert-OH is 1. The molecule has 5 aromatic rings. The molecule has 0 fully saturated rings. The quantitative estimate of drug-likeness (QED) is 0.195. The molecule has 0 radical (unpaired) electrons. The van der Waals surface area contributed by atoms with Crippen molar-refractivity contribution in [2.75, 3.05) is 13.7 Å². The Hall–Kier alpha value is -4.86. The molecule has 0 saturated carbocycles. The fraction of sp³-hybridized carbons (Fsp3) is 0.257. The minimum Gasteiger partial charge on any atom is -0.497 e. The van der Waals surface area contributed by atoms with Gasteiger partial charge in [-0.05, 0) is 59.0 Å². The second-order valence-corrected chi connectivity index (χ2v) is 10.9. The number of hydrogen-bond donors (Lipinski definition) is 3. The van der Waals surface area contributed by atoms with Gasteiger partial charge in [0, 0.05) is 54.5 Å². The lowest BCUT2D eigenvalue weighted by Crippen LogP contribution is -2.33. The van der Waals surface area contributed by atoms with Crippen LogP contribution in [0.15, 0.2) is 91.0 Å². The molecule has 1 aliphatic rings. The molecule has 2 aromatic heterocycles. The number of H-pyrrole nitrogens is 1. The van der Waals surface area contributed by atoms with Gasteiger partial charge >= 0.3 is 0 Å². The highest BCUT2D eigenvalue weighted by atomic mass is 16.7. The summed E-state index contributed by atoms with van der Waals surface area (Å²) in [4.78, 5) is 29.2. The number of benzene rings is 3. The fourth-order valence-electron chi connectivity index (χ4n) is 5.72. The summed E-state index contributed by atoms with van der Waals surface area (Å²) in [5.74, 6) is 0.314. The van der Waals surface area contributed by atoms with Crippen LogP contribution in [0.2, 0.25) is 0 Å². The Kier molecular flexibility index (Phi) is 8.49. The molecule has 2 atom stereocenters. The van der Waals surface area contributed by atoms with Crippen molar-refractivity contribution in [3.63, 3.8) is 0 Å². The molecular weight excluding hydrogens is 558 g/mol. The molecule has 1 aliphatic heterocycles. The van der Waals surface area contributed by atoms with Crippen LogP contribution in [-0.2, 0) is 33.9 Å². The highest BCUT2D eigenvalue weighted by molar-refractivity contribution is 5.95. The molecule has 9 nitrogen and oxygen atoms in total. The van der Waals surface area contributed by atoms with Crippen LogP contribution < -0.4 is 10.1 Å². The molecule has 0 aliphatic carbocycles. The van der Waals surface area contributed by atoms with Gasteiger partial charge in [-0.3, -0.25) is 14.2 Å². The Morgan fingerprint density at radius 2 is 1.86 bits per heavy atom. The van der Waals surface area contributed by atoms with E-state index < -0.39 is 6.29 Å². The molecule has 3 N–H and O–H groups in total. The van der Waals surface area contributed by atoms with Crippen LogP contribution in [0, 0.1) is 0 Å². The molecular formula is C35H35N3O6. The maximum Gasteiger partial charge on any atom is 0.286 e. The zero-order valence-corrected chi connectivity index (χ0v) is 24.7. The van der Waals surface area contributed by atoms with Crippen LogP contribution >= 0.6 is 0 Å². The lowest BCUT2D eigenvalue weighted by molar-refractivity contribution is -0.150. The molecule has 226 valence electrons. The lowest BCUT2D eigenvalue weighted by Gasteiger charge is -2.29. The van der Waals surface area contributed by atoms with Gasteiger partial charge in [-0.1, -0.05) is 42.5 Å². The third kappa shape index (κ3) is 6.10. The molecule has 0 bridgehead atoms. The number of nitrogens with one attached hydrogen (secondary N) is 2. The molecule has 44 heavy (non-hydrogen) atoms. The zero-order valence-electron chi connectivity index (χ0n) is 24.7. The Morgan fingerprint density at radius 1 is 1.07 bits per heavy atom. The molecule has 3 aromatic carbocycles. The highest BCUT2D eigenvalue weighted by Crippen LogP contribution is 2.37. The van der Waals surface area contributed by atoms with Crippen LogP contribution in [-0.4, -0.2) is 46.4 Å². The predicted octanol–water partition coefficient (Wildman–Crippen LogP) is 5.57. The standard InChI is InChI=1S/C35H35N3O6/c1-22(40)38-19-30(28-5-3-4-6-32(28)38)26-15-33(44-34(16-26)43-21-24-9-7-23(20-39)8-10-24)35(41)36-14-13-25-18-37-31-12-11-27(42-2)17-29(25)31/h3-12,15,17-19,26,34,37,39H,13-14,16,20-21H2,1-2H3,(H,36,41). The van der Waals surface area contributed by atoms with Crippen LogP contribution in [0.3, 0.4) is 0 Å². The van der Waals surface area contributed by atoms with Gasteiger partial charge in [0.15, 0.2) is 5.76 Å². The van der Waals surface area contributed by atoms with E-state index in [1.54, 1.807) is 11.7 Å². The summed E-state index contributed by atoms with van der Waals surface area (Å²) in [5.41, 5.74) is 5.56. The topological polar surface area (TPSA) is 115 Å². The maximum atomic E-state index is 13.5. The van der Waals surface area contributed by atoms with E-state index in [1.807, 2.05) is 85.2 Å². The summed E-state index contributed by atoms with van der Waals surface area (Å²) < 4.78 is 19.3. The number of amides is 1. The Bertz CT molecular complexity index is 1830. The van der Waals surface area contributed by atoms with Crippen molar-refractivity contribution in [2.24, 2.45) is 0 Å². The minimum atomic E-state index is -0.691. The number of fused-ring (bicyclic) bond motifs is 2. The summed E-state index contributed by atoms with van der Waals surface area (Å²) in [7, 11) is 1.64. The number of para-hydroxylation sites is 1. The molecule has 0 spiro atoms. The third-order valence-electron chi connectivity index (χ3n) is 8.06. The van der Waals surface area contributed by atoms with Gasteiger partial charge in [-0.2, -0.15) is 0 Å². The Labute approximate surface area is 255 Å². The average Bonchev–Trinajstić information content (AvgIpc) is 3.65. The summed E-state index contributed by atoms with van der Waals surface area (Å²) in [6.45, 7) is 2.19. The molecule has 9 heteroatoms. The van der Waals surface area contributed by atoms with Crippen molar-refractivity contribution in [3.8, 4) is 5.75 Å². The summed E-state index contributed by atoms with van der Waals surface area (Å²) >= 11 is 0. The Morgan fingerprint density at radius 3 is 2.64 bits per heavy atom. The number of hydrogen-bond acceptors (Lipinski definition) is 6. The first-order valence-corrected chi connectivity index (χ1v) is 14.7. The summed E-state index contributed by atoms with van der Waals surface area (Å²) in [5, 5.41) is 14.4. The van der Waals surface area contributed by atoms with Crippen molar-refractivity contribution in [1.29, 1.82) is 0 Å². The van der Waals surface area contributed by atoms with E-state index in [1.165, 1.54) is 6.92 Å². The number of methoxy groups -OCH3 is 1. The number of allylic oxidation sites excluding steroid dienone is 1. The molecule has 2 unspecified atom stereocenters. The molecule has 1 amide bonds. The van der Waals surface area contributed by atoms with Gasteiger partial charge in [0.2, 0.25) is 12.2 Å². The number of ether oxygens (including phenoxy) is 3. The number of aromatic nitrogens is 2. The second kappa shape index (κ2) is 12.8. The van der Waals surface area contributed by atoms with Gasteiger partial charge < -0.3 is 29.6 Å². The molecule has 6 rings (SSSR count). The number of rotatable bonds is 10. The van der Waals surface area contributed by atoms with E-state index in [-0.39, 0.29) is 36.7 Å². The SMILES string of the molecule is COc1ccc2[nH]cc(CCNC(=O)C3=CC(c4cn(C(C)=O)c5ccccc45)CC(OCc4ccc(CO)cc4)O3)c2c1. The van der Waals surface area contributed by atoms with Gasteiger partial charge in [-0.15, -0.1) is 0 Å². The van der Waals surface area contributed by atoms with E-state index in [4.69, 9.17) is 14.2 Å². The van der Waals surface area contributed by atoms with E-state index in [0.717, 1.165) is 49.8 Å². The first-order chi connectivity index (χ1) is 21.4. The first kappa shape index (κ1) is 29.2. The van der Waals surface area contributed by atoms with Crippen LogP contribution in [0.4, 0.5) is 0 Å². The predicted molar refractivity (Wildman–Crippen MR) is 167 cm³/mol. The normalized spacial score (nSPS) is 16.5. The highest BCUT2D eigenvalue weighted by Gasteiger charge is 2.31. The molecule has 3 heterocycles. The van der Waals surface area contributed by atoms with Gasteiger partial charge in [0.05, 0.1) is 25.8 Å². The van der Waals surface area contributed by atoms with E-state index in [9.17, 15) is 14.7 Å². The van der Waals surface area contributed by atoms with Gasteiger partial charge in [-0.25, -0.2) is 0 Å². The fourth-order valence-corrected chi connectivity index (χ4v) is 5.72. The average molecular weight is 594 g/mol. The first-order valence-electron chi connectivity index (χ1n) is 14.7. The Balaban J connectivity index is 1.22. The number of aromatic amines is 1. The smallest absolute Gasteiger partial charge is 0.286 e. The van der Waals surface area contributed by atoms with Crippen LogP contribution in [0.1, 0.15) is 46.3 Å². The number of nitrogens with zero attached hydrogens (tertiary/aromatic N) is 1. The molecule has 0 saturated heterocycles.